The van der Waals surface area contributed by atoms with Crippen LogP contribution in [0.25, 0.3) is 16.5 Å². The maximum absolute atomic E-state index is 3.65. The van der Waals surface area contributed by atoms with E-state index in [1.165, 1.54) is 71.0 Å². The van der Waals surface area contributed by atoms with Crippen LogP contribution in [-0.2, 0) is 12.8 Å². The van der Waals surface area contributed by atoms with Crippen LogP contribution in [0.2, 0.25) is 0 Å². The van der Waals surface area contributed by atoms with Crippen molar-refractivity contribution in [2.75, 3.05) is 19.6 Å². The molecule has 3 heteroatoms. The fourth-order valence-corrected chi connectivity index (χ4v) is 5.13. The molecular weight excluding hydrogens is 396 g/mol. The van der Waals surface area contributed by atoms with Crippen molar-refractivity contribution in [3.8, 4) is 0 Å². The largest absolute Gasteiger partial charge is 0.358 e. The van der Waals surface area contributed by atoms with Gasteiger partial charge in [-0.1, -0.05) is 52.3 Å². The molecule has 0 fully saturated rings. The molecule has 0 amide bonds. The maximum atomic E-state index is 3.65. The second kappa shape index (κ2) is 7.29. The van der Waals surface area contributed by atoms with E-state index in [4.69, 9.17) is 0 Å². The monoisotopic (exact) mass is 420 g/mol. The Morgan fingerprint density at radius 3 is 2.78 bits per heavy atom. The van der Waals surface area contributed by atoms with Gasteiger partial charge in [-0.05, 0) is 66.5 Å². The first-order chi connectivity index (χ1) is 13.3. The molecule has 2 aromatic carbocycles. The van der Waals surface area contributed by atoms with E-state index in [0.717, 1.165) is 12.5 Å². The van der Waals surface area contributed by atoms with Gasteiger partial charge in [0.05, 0.1) is 0 Å². The number of nitrogens with zero attached hydrogens (tertiary/aromatic N) is 1. The number of aromatic nitrogens is 1. The second-order valence-corrected chi connectivity index (χ2v) is 8.90. The molecule has 1 aromatic heterocycles. The van der Waals surface area contributed by atoms with Gasteiger partial charge in [0, 0.05) is 40.7 Å². The number of aryl methyl sites for hydroxylation is 1. The van der Waals surface area contributed by atoms with Gasteiger partial charge in [-0.25, -0.2) is 0 Å². The first-order valence-corrected chi connectivity index (χ1v) is 10.8. The summed E-state index contributed by atoms with van der Waals surface area (Å²) < 4.78 is 1.17. The van der Waals surface area contributed by atoms with Gasteiger partial charge in [-0.15, -0.1) is 0 Å². The van der Waals surface area contributed by atoms with Crippen LogP contribution in [0.15, 0.2) is 59.1 Å². The Morgan fingerprint density at radius 2 is 1.96 bits per heavy atom. The molecule has 3 aromatic rings. The van der Waals surface area contributed by atoms with Gasteiger partial charge in [0.2, 0.25) is 0 Å². The number of fused-ring (bicyclic) bond motifs is 3. The lowest BCUT2D eigenvalue weighted by Gasteiger charge is -2.32. The van der Waals surface area contributed by atoms with Crippen LogP contribution in [0, 0.1) is 5.92 Å². The highest BCUT2D eigenvalue weighted by Gasteiger charge is 2.25. The number of H-pyrrole nitrogens is 1. The van der Waals surface area contributed by atoms with Gasteiger partial charge in [-0.2, -0.15) is 0 Å². The van der Waals surface area contributed by atoms with Crippen LogP contribution in [0.5, 0.6) is 0 Å². The highest BCUT2D eigenvalue weighted by molar-refractivity contribution is 9.10. The van der Waals surface area contributed by atoms with Crippen molar-refractivity contribution >= 4 is 32.4 Å². The molecule has 2 aliphatic rings. The third-order valence-electron chi connectivity index (χ3n) is 6.21. The Kier molecular flexibility index (Phi) is 4.66. The summed E-state index contributed by atoms with van der Waals surface area (Å²) >= 11 is 3.64. The Labute approximate surface area is 169 Å². The first-order valence-electron chi connectivity index (χ1n) is 10.0. The van der Waals surface area contributed by atoms with Crippen LogP contribution in [0.3, 0.4) is 0 Å². The topological polar surface area (TPSA) is 19.0 Å². The Balaban J connectivity index is 1.27. The molecule has 138 valence electrons. The molecule has 0 spiro atoms. The van der Waals surface area contributed by atoms with Crippen molar-refractivity contribution in [2.24, 2.45) is 5.92 Å². The highest BCUT2D eigenvalue weighted by Crippen LogP contribution is 2.34. The molecular formula is C24H25BrN2. The lowest BCUT2D eigenvalue weighted by molar-refractivity contribution is 0.238. The zero-order chi connectivity index (χ0) is 18.2. The average molecular weight is 421 g/mol. The molecule has 1 N–H and O–H groups in total. The summed E-state index contributed by atoms with van der Waals surface area (Å²) in [6.07, 6.45) is 7.30. The molecule has 0 saturated heterocycles. The number of benzene rings is 2. The third-order valence-corrected chi connectivity index (χ3v) is 6.70. The fraction of sp³-hybridized carbons (Fsp3) is 0.333. The molecule has 1 aliphatic heterocycles. The summed E-state index contributed by atoms with van der Waals surface area (Å²) in [6, 6.07) is 17.5. The van der Waals surface area contributed by atoms with Crippen LogP contribution in [0.1, 0.15) is 29.7 Å². The van der Waals surface area contributed by atoms with Crippen molar-refractivity contribution in [1.82, 2.24) is 9.88 Å². The van der Waals surface area contributed by atoms with Crippen LogP contribution in [0.4, 0.5) is 0 Å². The predicted octanol–water partition coefficient (Wildman–Crippen LogP) is 5.82. The second-order valence-electron chi connectivity index (χ2n) is 7.99. The number of hydrogen-bond acceptors (Lipinski definition) is 1. The first kappa shape index (κ1) is 17.3. The van der Waals surface area contributed by atoms with Crippen LogP contribution in [-0.4, -0.2) is 29.5 Å². The van der Waals surface area contributed by atoms with Gasteiger partial charge in [0.15, 0.2) is 0 Å². The van der Waals surface area contributed by atoms with E-state index in [0.29, 0.717) is 0 Å². The third kappa shape index (κ3) is 3.51. The molecule has 1 atom stereocenters. The minimum atomic E-state index is 0.766. The zero-order valence-corrected chi connectivity index (χ0v) is 17.1. The van der Waals surface area contributed by atoms with E-state index in [2.05, 4.69) is 80.4 Å². The highest BCUT2D eigenvalue weighted by atomic mass is 79.9. The van der Waals surface area contributed by atoms with Gasteiger partial charge >= 0.3 is 0 Å². The van der Waals surface area contributed by atoms with Crippen molar-refractivity contribution in [3.05, 3.63) is 75.9 Å². The molecule has 5 rings (SSSR count). The Hall–Kier alpha value is -1.84. The molecule has 0 saturated carbocycles. The molecule has 2 heterocycles. The van der Waals surface area contributed by atoms with Gasteiger partial charge < -0.3 is 4.98 Å². The lowest BCUT2D eigenvalue weighted by atomic mass is 9.85. The molecule has 0 bridgehead atoms. The SMILES string of the molecule is Brc1ccc2[nH]c3c(c2c1)CC(CN1CC=C(c2ccccc2)CC1)CC3. The lowest BCUT2D eigenvalue weighted by Crippen LogP contribution is -2.35. The van der Waals surface area contributed by atoms with E-state index in [-0.39, 0.29) is 0 Å². The zero-order valence-electron chi connectivity index (χ0n) is 15.5. The maximum Gasteiger partial charge on any atom is 0.0459 e. The average Bonchev–Trinajstić information content (AvgIpc) is 3.06. The number of hydrogen-bond donors (Lipinski definition) is 1. The summed E-state index contributed by atoms with van der Waals surface area (Å²) in [5, 5.41) is 1.41. The summed E-state index contributed by atoms with van der Waals surface area (Å²) in [7, 11) is 0. The molecule has 1 aliphatic carbocycles. The fourth-order valence-electron chi connectivity index (χ4n) is 4.77. The predicted molar refractivity (Wildman–Crippen MR) is 117 cm³/mol. The van der Waals surface area contributed by atoms with E-state index in [9.17, 15) is 0 Å². The number of nitrogens with one attached hydrogen (secondary N) is 1. The van der Waals surface area contributed by atoms with E-state index in [1.807, 2.05) is 0 Å². The summed E-state index contributed by atoms with van der Waals surface area (Å²) in [5.41, 5.74) is 7.21. The van der Waals surface area contributed by atoms with Crippen molar-refractivity contribution < 1.29 is 0 Å². The van der Waals surface area contributed by atoms with Gasteiger partial charge in [0.25, 0.3) is 0 Å². The van der Waals surface area contributed by atoms with Crippen LogP contribution < -0.4 is 0 Å². The normalized spacial score (nSPS) is 20.5. The van der Waals surface area contributed by atoms with Gasteiger partial charge in [-0.3, -0.25) is 4.90 Å². The summed E-state index contributed by atoms with van der Waals surface area (Å²) in [4.78, 5) is 6.29. The van der Waals surface area contributed by atoms with E-state index < -0.39 is 0 Å². The van der Waals surface area contributed by atoms with Crippen molar-refractivity contribution in [2.45, 2.75) is 25.7 Å². The molecule has 1 unspecified atom stereocenters. The quantitative estimate of drug-likeness (QED) is 0.564. The number of aromatic amines is 1. The molecule has 27 heavy (non-hydrogen) atoms. The van der Waals surface area contributed by atoms with Gasteiger partial charge in [0.1, 0.15) is 0 Å². The van der Waals surface area contributed by atoms with E-state index in [1.54, 1.807) is 5.56 Å². The van der Waals surface area contributed by atoms with Crippen LogP contribution >= 0.6 is 15.9 Å². The number of rotatable bonds is 3. The Morgan fingerprint density at radius 1 is 1.07 bits per heavy atom. The number of halogens is 1. The Bertz CT molecular complexity index is 986. The van der Waals surface area contributed by atoms with E-state index >= 15 is 0 Å². The summed E-state index contributed by atoms with van der Waals surface area (Å²) in [5.74, 6) is 0.766. The van der Waals surface area contributed by atoms with Crippen molar-refractivity contribution in [1.29, 1.82) is 0 Å². The minimum Gasteiger partial charge on any atom is -0.358 e. The smallest absolute Gasteiger partial charge is 0.0459 e. The summed E-state index contributed by atoms with van der Waals surface area (Å²) in [6.45, 7) is 3.50. The van der Waals surface area contributed by atoms with Crippen molar-refractivity contribution in [3.63, 3.8) is 0 Å². The standard InChI is InChI=1S/C24H25BrN2/c25-20-7-9-24-22(15-20)21-14-17(6-8-23(21)26-24)16-27-12-10-19(11-13-27)18-4-2-1-3-5-18/h1-5,7,9-10,15,17,26H,6,8,11-14,16H2. The molecule has 0 radical (unpaired) electrons. The molecule has 2 nitrogen and oxygen atoms in total. The minimum absolute atomic E-state index is 0.766.